The number of aromatic nitrogens is 1. The molecule has 0 aliphatic rings. The van der Waals surface area contributed by atoms with Gasteiger partial charge in [-0.2, -0.15) is 0 Å². The molecule has 3 nitrogen and oxygen atoms in total. The standard InChI is InChI=1S/C13H12ClFN2O/c14-11-5-12(15)13(17-7-11)16-6-9-1-3-10(8-18)4-2-9/h1-5,7,18H,6,8H2,(H,16,17). The highest BCUT2D eigenvalue weighted by Crippen LogP contribution is 2.16. The lowest BCUT2D eigenvalue weighted by Crippen LogP contribution is -2.03. The van der Waals surface area contributed by atoms with Crippen molar-refractivity contribution in [2.75, 3.05) is 5.32 Å². The third-order valence-electron chi connectivity index (χ3n) is 2.47. The number of rotatable bonds is 4. The van der Waals surface area contributed by atoms with Crippen molar-refractivity contribution in [3.63, 3.8) is 0 Å². The summed E-state index contributed by atoms with van der Waals surface area (Å²) in [5, 5.41) is 12.1. The van der Waals surface area contributed by atoms with Gasteiger partial charge >= 0.3 is 0 Å². The molecule has 0 spiro atoms. The van der Waals surface area contributed by atoms with E-state index in [1.165, 1.54) is 12.3 Å². The number of nitrogens with one attached hydrogen (secondary N) is 1. The van der Waals surface area contributed by atoms with Crippen molar-refractivity contribution in [3.05, 3.63) is 58.5 Å². The zero-order valence-corrected chi connectivity index (χ0v) is 10.3. The molecule has 0 fully saturated rings. The van der Waals surface area contributed by atoms with Gasteiger partial charge in [-0.15, -0.1) is 0 Å². The summed E-state index contributed by atoms with van der Waals surface area (Å²) in [6.07, 6.45) is 1.39. The molecule has 18 heavy (non-hydrogen) atoms. The molecule has 1 aromatic carbocycles. The monoisotopic (exact) mass is 266 g/mol. The van der Waals surface area contributed by atoms with Crippen LogP contribution in [0, 0.1) is 5.82 Å². The third kappa shape index (κ3) is 3.18. The summed E-state index contributed by atoms with van der Waals surface area (Å²) < 4.78 is 13.4. The number of anilines is 1. The predicted octanol–water partition coefficient (Wildman–Crippen LogP) is 2.98. The van der Waals surface area contributed by atoms with E-state index in [-0.39, 0.29) is 17.4 Å². The first-order chi connectivity index (χ1) is 8.69. The van der Waals surface area contributed by atoms with Crippen LogP contribution in [-0.2, 0) is 13.2 Å². The van der Waals surface area contributed by atoms with Crippen LogP contribution in [0.4, 0.5) is 10.2 Å². The van der Waals surface area contributed by atoms with Crippen molar-refractivity contribution in [1.29, 1.82) is 0 Å². The molecule has 1 heterocycles. The summed E-state index contributed by atoms with van der Waals surface area (Å²) in [5.41, 5.74) is 1.82. The quantitative estimate of drug-likeness (QED) is 0.894. The maximum atomic E-state index is 13.4. The van der Waals surface area contributed by atoms with Gasteiger partial charge in [0.15, 0.2) is 11.6 Å². The minimum atomic E-state index is -0.477. The lowest BCUT2D eigenvalue weighted by Gasteiger charge is -2.07. The largest absolute Gasteiger partial charge is 0.392 e. The van der Waals surface area contributed by atoms with Crippen molar-refractivity contribution in [2.24, 2.45) is 0 Å². The molecule has 94 valence electrons. The highest BCUT2D eigenvalue weighted by molar-refractivity contribution is 6.30. The Morgan fingerprint density at radius 1 is 1.22 bits per heavy atom. The van der Waals surface area contributed by atoms with Crippen LogP contribution in [0.5, 0.6) is 0 Å². The van der Waals surface area contributed by atoms with Crippen molar-refractivity contribution in [2.45, 2.75) is 13.2 Å². The molecule has 0 aliphatic heterocycles. The number of hydrogen-bond acceptors (Lipinski definition) is 3. The number of hydrogen-bond donors (Lipinski definition) is 2. The van der Waals surface area contributed by atoms with Crippen molar-refractivity contribution >= 4 is 17.4 Å². The Morgan fingerprint density at radius 2 is 1.89 bits per heavy atom. The van der Waals surface area contributed by atoms with E-state index in [0.29, 0.717) is 6.54 Å². The Bertz CT molecular complexity index is 531. The second-order valence-corrected chi connectivity index (χ2v) is 4.25. The van der Waals surface area contributed by atoms with Crippen LogP contribution < -0.4 is 5.32 Å². The second-order valence-electron chi connectivity index (χ2n) is 3.81. The fraction of sp³-hybridized carbons (Fsp3) is 0.154. The van der Waals surface area contributed by atoms with Gasteiger partial charge in [-0.3, -0.25) is 0 Å². The number of aliphatic hydroxyl groups excluding tert-OH is 1. The summed E-state index contributed by atoms with van der Waals surface area (Å²) >= 11 is 5.61. The van der Waals surface area contributed by atoms with Crippen LogP contribution in [0.2, 0.25) is 5.02 Å². The molecule has 0 unspecified atom stereocenters. The van der Waals surface area contributed by atoms with Gasteiger partial charge in [-0.1, -0.05) is 35.9 Å². The first kappa shape index (κ1) is 12.8. The lowest BCUT2D eigenvalue weighted by atomic mass is 10.1. The van der Waals surface area contributed by atoms with Crippen molar-refractivity contribution in [1.82, 2.24) is 4.98 Å². The summed E-state index contributed by atoms with van der Waals surface area (Å²) in [6, 6.07) is 8.59. The molecule has 2 N–H and O–H groups in total. The number of pyridine rings is 1. The van der Waals surface area contributed by atoms with Gasteiger partial charge in [0.1, 0.15) is 0 Å². The molecule has 0 saturated carbocycles. The smallest absolute Gasteiger partial charge is 0.166 e. The van der Waals surface area contributed by atoms with E-state index >= 15 is 0 Å². The molecule has 0 radical (unpaired) electrons. The van der Waals surface area contributed by atoms with E-state index in [1.54, 1.807) is 0 Å². The third-order valence-corrected chi connectivity index (χ3v) is 2.68. The van der Waals surface area contributed by atoms with E-state index in [2.05, 4.69) is 10.3 Å². The van der Waals surface area contributed by atoms with Crippen LogP contribution in [0.1, 0.15) is 11.1 Å². The fourth-order valence-corrected chi connectivity index (χ4v) is 1.64. The summed E-state index contributed by atoms with van der Waals surface area (Å²) in [6.45, 7) is 0.471. The predicted molar refractivity (Wildman–Crippen MR) is 68.9 cm³/mol. The highest BCUT2D eigenvalue weighted by Gasteiger charge is 2.04. The average Bonchev–Trinajstić information content (AvgIpc) is 2.38. The Morgan fingerprint density at radius 3 is 2.50 bits per heavy atom. The van der Waals surface area contributed by atoms with E-state index in [0.717, 1.165) is 11.1 Å². The molecule has 0 amide bonds. The number of nitrogens with zero attached hydrogens (tertiary/aromatic N) is 1. The molecule has 0 saturated heterocycles. The van der Waals surface area contributed by atoms with E-state index in [9.17, 15) is 4.39 Å². The first-order valence-corrected chi connectivity index (χ1v) is 5.80. The van der Waals surface area contributed by atoms with E-state index < -0.39 is 5.82 Å². The molecule has 1 aromatic heterocycles. The minimum Gasteiger partial charge on any atom is -0.392 e. The Kier molecular flexibility index (Phi) is 4.12. The van der Waals surface area contributed by atoms with Gasteiger partial charge in [-0.25, -0.2) is 9.37 Å². The molecular weight excluding hydrogens is 255 g/mol. The lowest BCUT2D eigenvalue weighted by molar-refractivity contribution is 0.282. The zero-order valence-electron chi connectivity index (χ0n) is 9.53. The summed E-state index contributed by atoms with van der Waals surface area (Å²) in [5.74, 6) is -0.305. The molecule has 0 bridgehead atoms. The maximum absolute atomic E-state index is 13.4. The molecule has 0 aliphatic carbocycles. The Balaban J connectivity index is 2.02. The van der Waals surface area contributed by atoms with E-state index in [4.69, 9.17) is 16.7 Å². The zero-order chi connectivity index (χ0) is 13.0. The average molecular weight is 267 g/mol. The summed E-state index contributed by atoms with van der Waals surface area (Å²) in [7, 11) is 0. The highest BCUT2D eigenvalue weighted by atomic mass is 35.5. The number of benzene rings is 1. The van der Waals surface area contributed by atoms with Gasteiger partial charge in [0.2, 0.25) is 0 Å². The van der Waals surface area contributed by atoms with Gasteiger partial charge in [0.25, 0.3) is 0 Å². The van der Waals surface area contributed by atoms with E-state index in [1.807, 2.05) is 24.3 Å². The van der Waals surface area contributed by atoms with Crippen molar-refractivity contribution in [3.8, 4) is 0 Å². The molecule has 2 rings (SSSR count). The van der Waals surface area contributed by atoms with Gasteiger partial charge in [-0.05, 0) is 17.2 Å². The SMILES string of the molecule is OCc1ccc(CNc2ncc(Cl)cc2F)cc1. The van der Waals surface area contributed by atoms with Crippen LogP contribution in [0.15, 0.2) is 36.5 Å². The fourth-order valence-electron chi connectivity index (χ4n) is 1.49. The molecule has 5 heteroatoms. The van der Waals surface area contributed by atoms with Gasteiger partial charge < -0.3 is 10.4 Å². The Hall–Kier alpha value is -1.65. The van der Waals surface area contributed by atoms with Crippen LogP contribution in [0.25, 0.3) is 0 Å². The Labute approximate surface area is 109 Å². The van der Waals surface area contributed by atoms with Crippen LogP contribution >= 0.6 is 11.6 Å². The minimum absolute atomic E-state index is 0.0150. The normalized spacial score (nSPS) is 10.4. The van der Waals surface area contributed by atoms with Crippen LogP contribution in [0.3, 0.4) is 0 Å². The van der Waals surface area contributed by atoms with Crippen LogP contribution in [-0.4, -0.2) is 10.1 Å². The second kappa shape index (κ2) is 5.80. The molecule has 2 aromatic rings. The topological polar surface area (TPSA) is 45.1 Å². The first-order valence-electron chi connectivity index (χ1n) is 5.42. The molecular formula is C13H12ClFN2O. The molecule has 0 atom stereocenters. The maximum Gasteiger partial charge on any atom is 0.166 e. The number of halogens is 2. The summed E-state index contributed by atoms with van der Waals surface area (Å²) in [4.78, 5) is 3.87. The van der Waals surface area contributed by atoms with Gasteiger partial charge in [0, 0.05) is 12.7 Å². The van der Waals surface area contributed by atoms with Gasteiger partial charge in [0.05, 0.1) is 11.6 Å². The number of aliphatic hydroxyl groups is 1. The van der Waals surface area contributed by atoms with Crippen molar-refractivity contribution < 1.29 is 9.50 Å².